The average Bonchev–Trinajstić information content (AvgIpc) is 2.78. The largest absolute Gasteiger partial charge is 0.355 e. The Bertz CT molecular complexity index is 551. The Labute approximate surface area is 109 Å². The van der Waals surface area contributed by atoms with Crippen molar-refractivity contribution in [2.45, 2.75) is 6.42 Å². The van der Waals surface area contributed by atoms with Crippen molar-refractivity contribution < 1.29 is 9.59 Å². The predicted octanol–water partition coefficient (Wildman–Crippen LogP) is 1.29. The van der Waals surface area contributed by atoms with Crippen LogP contribution in [0, 0.1) is 17.2 Å². The van der Waals surface area contributed by atoms with Crippen LogP contribution in [0.4, 0.5) is 5.69 Å². The molecule has 1 unspecified atom stereocenters. The molecule has 2 N–H and O–H groups in total. The van der Waals surface area contributed by atoms with Gasteiger partial charge in [-0.3, -0.25) is 9.59 Å². The highest BCUT2D eigenvalue weighted by Gasteiger charge is 2.27. The number of carbonyl (C=O) groups is 2. The second-order valence-corrected chi connectivity index (χ2v) is 4.41. The van der Waals surface area contributed by atoms with Crippen LogP contribution >= 0.6 is 11.6 Å². The molecule has 92 valence electrons. The molecule has 0 aromatic heterocycles. The molecule has 1 atom stereocenters. The molecule has 0 saturated carbocycles. The van der Waals surface area contributed by atoms with Crippen molar-refractivity contribution in [3.05, 3.63) is 28.8 Å². The molecule has 18 heavy (non-hydrogen) atoms. The summed E-state index contributed by atoms with van der Waals surface area (Å²) in [6.45, 7) is 0.351. The van der Waals surface area contributed by atoms with Gasteiger partial charge in [0.05, 0.1) is 16.5 Å². The molecule has 0 radical (unpaired) electrons. The van der Waals surface area contributed by atoms with E-state index < -0.39 is 0 Å². The number of nitrogens with zero attached hydrogens (tertiary/aromatic N) is 1. The molecule has 5 nitrogen and oxygen atoms in total. The van der Waals surface area contributed by atoms with E-state index in [1.807, 2.05) is 6.07 Å². The first-order chi connectivity index (χ1) is 8.60. The number of carbonyl (C=O) groups excluding carboxylic acids is 2. The summed E-state index contributed by atoms with van der Waals surface area (Å²) in [5.74, 6) is -0.720. The Balaban J connectivity index is 2.08. The molecule has 1 aliphatic heterocycles. The molecule has 1 aromatic carbocycles. The van der Waals surface area contributed by atoms with E-state index in [4.69, 9.17) is 16.9 Å². The third-order valence-electron chi connectivity index (χ3n) is 2.70. The van der Waals surface area contributed by atoms with Gasteiger partial charge < -0.3 is 10.6 Å². The van der Waals surface area contributed by atoms with Crippen LogP contribution in [-0.4, -0.2) is 18.4 Å². The van der Waals surface area contributed by atoms with Crippen molar-refractivity contribution in [3.63, 3.8) is 0 Å². The van der Waals surface area contributed by atoms with Gasteiger partial charge in [-0.2, -0.15) is 5.26 Å². The fourth-order valence-corrected chi connectivity index (χ4v) is 1.88. The van der Waals surface area contributed by atoms with Crippen molar-refractivity contribution in [3.8, 4) is 6.07 Å². The van der Waals surface area contributed by atoms with Crippen LogP contribution in [0.15, 0.2) is 18.2 Å². The summed E-state index contributed by atoms with van der Waals surface area (Å²) >= 11 is 5.79. The third kappa shape index (κ3) is 2.60. The van der Waals surface area contributed by atoms with Gasteiger partial charge >= 0.3 is 0 Å². The lowest BCUT2D eigenvalue weighted by atomic mass is 10.1. The number of hydrogen-bond donors (Lipinski definition) is 2. The van der Waals surface area contributed by atoms with Gasteiger partial charge in [0.15, 0.2) is 0 Å². The van der Waals surface area contributed by atoms with E-state index >= 15 is 0 Å². The molecule has 1 aliphatic rings. The summed E-state index contributed by atoms with van der Waals surface area (Å²) in [5, 5.41) is 14.4. The normalized spacial score (nSPS) is 18.0. The molecule has 1 heterocycles. The van der Waals surface area contributed by atoms with Gasteiger partial charge in [0.2, 0.25) is 11.8 Å². The lowest BCUT2D eigenvalue weighted by molar-refractivity contribution is -0.123. The van der Waals surface area contributed by atoms with E-state index in [1.54, 1.807) is 12.1 Å². The fourth-order valence-electron chi connectivity index (χ4n) is 1.72. The molecule has 1 saturated heterocycles. The van der Waals surface area contributed by atoms with Gasteiger partial charge in [0.25, 0.3) is 0 Å². The van der Waals surface area contributed by atoms with Gasteiger partial charge in [0.1, 0.15) is 6.07 Å². The molecule has 2 amide bonds. The van der Waals surface area contributed by atoms with E-state index in [9.17, 15) is 9.59 Å². The van der Waals surface area contributed by atoms with E-state index in [0.29, 0.717) is 22.8 Å². The Morgan fingerprint density at radius 1 is 1.56 bits per heavy atom. The van der Waals surface area contributed by atoms with Crippen LogP contribution in [0.5, 0.6) is 0 Å². The molecule has 0 aliphatic carbocycles. The second-order valence-electron chi connectivity index (χ2n) is 4.00. The number of benzene rings is 1. The first kappa shape index (κ1) is 12.4. The topological polar surface area (TPSA) is 82.0 Å². The first-order valence-corrected chi connectivity index (χ1v) is 5.75. The number of amides is 2. The Hall–Kier alpha value is -2.06. The van der Waals surface area contributed by atoms with Crippen LogP contribution in [-0.2, 0) is 9.59 Å². The molecule has 2 rings (SSSR count). The molecule has 0 bridgehead atoms. The molecular weight excluding hydrogens is 254 g/mol. The van der Waals surface area contributed by atoms with E-state index in [-0.39, 0.29) is 24.2 Å². The van der Waals surface area contributed by atoms with Gasteiger partial charge in [0, 0.05) is 18.7 Å². The standard InChI is InChI=1S/C12H10ClN3O2/c13-10-2-1-9(3-7(10)5-14)16-12(18)8-4-11(17)15-6-8/h1-3,8H,4,6H2,(H,15,17)(H,16,18). The first-order valence-electron chi connectivity index (χ1n) is 5.37. The molecule has 1 fully saturated rings. The van der Waals surface area contributed by atoms with Crippen molar-refractivity contribution >= 4 is 29.1 Å². The Kier molecular flexibility index (Phi) is 3.49. The summed E-state index contributed by atoms with van der Waals surface area (Å²) in [6.07, 6.45) is 0.199. The summed E-state index contributed by atoms with van der Waals surface area (Å²) in [4.78, 5) is 22.8. The SMILES string of the molecule is N#Cc1cc(NC(=O)C2CNC(=O)C2)ccc1Cl. The highest BCUT2D eigenvalue weighted by atomic mass is 35.5. The molecule has 0 spiro atoms. The lowest BCUT2D eigenvalue weighted by Crippen LogP contribution is -2.24. The van der Waals surface area contributed by atoms with Crippen LogP contribution < -0.4 is 10.6 Å². The van der Waals surface area contributed by atoms with E-state index in [1.165, 1.54) is 6.07 Å². The maximum absolute atomic E-state index is 11.8. The van der Waals surface area contributed by atoms with E-state index in [0.717, 1.165) is 0 Å². The summed E-state index contributed by atoms with van der Waals surface area (Å²) in [7, 11) is 0. The van der Waals surface area contributed by atoms with Gasteiger partial charge in [-0.05, 0) is 18.2 Å². The lowest BCUT2D eigenvalue weighted by Gasteiger charge is -2.09. The summed E-state index contributed by atoms with van der Waals surface area (Å²) < 4.78 is 0. The van der Waals surface area contributed by atoms with Crippen molar-refractivity contribution in [1.82, 2.24) is 5.32 Å². The van der Waals surface area contributed by atoms with Crippen LogP contribution in [0.25, 0.3) is 0 Å². The number of halogens is 1. The number of anilines is 1. The van der Waals surface area contributed by atoms with Crippen molar-refractivity contribution in [2.24, 2.45) is 5.92 Å². The van der Waals surface area contributed by atoms with Gasteiger partial charge in [-0.1, -0.05) is 11.6 Å². The Morgan fingerprint density at radius 2 is 2.33 bits per heavy atom. The molecular formula is C12H10ClN3O2. The maximum Gasteiger partial charge on any atom is 0.229 e. The predicted molar refractivity (Wildman–Crippen MR) is 65.9 cm³/mol. The smallest absolute Gasteiger partial charge is 0.229 e. The summed E-state index contributed by atoms with van der Waals surface area (Å²) in [5.41, 5.74) is 0.801. The molecule has 1 aromatic rings. The number of rotatable bonds is 2. The fraction of sp³-hybridized carbons (Fsp3) is 0.250. The van der Waals surface area contributed by atoms with Gasteiger partial charge in [-0.25, -0.2) is 0 Å². The monoisotopic (exact) mass is 263 g/mol. The Morgan fingerprint density at radius 3 is 2.94 bits per heavy atom. The van der Waals surface area contributed by atoms with Crippen LogP contribution in [0.3, 0.4) is 0 Å². The van der Waals surface area contributed by atoms with Crippen molar-refractivity contribution in [1.29, 1.82) is 5.26 Å². The van der Waals surface area contributed by atoms with Crippen LogP contribution in [0.2, 0.25) is 5.02 Å². The molecule has 6 heteroatoms. The third-order valence-corrected chi connectivity index (χ3v) is 3.03. The maximum atomic E-state index is 11.8. The highest BCUT2D eigenvalue weighted by molar-refractivity contribution is 6.31. The summed E-state index contributed by atoms with van der Waals surface area (Å²) in [6, 6.07) is 6.61. The highest BCUT2D eigenvalue weighted by Crippen LogP contribution is 2.20. The number of nitrogens with one attached hydrogen (secondary N) is 2. The number of hydrogen-bond acceptors (Lipinski definition) is 3. The number of nitriles is 1. The zero-order valence-corrected chi connectivity index (χ0v) is 10.1. The zero-order chi connectivity index (χ0) is 13.1. The van der Waals surface area contributed by atoms with E-state index in [2.05, 4.69) is 10.6 Å². The minimum Gasteiger partial charge on any atom is -0.355 e. The minimum absolute atomic E-state index is 0.121. The average molecular weight is 264 g/mol. The van der Waals surface area contributed by atoms with Gasteiger partial charge in [-0.15, -0.1) is 0 Å². The zero-order valence-electron chi connectivity index (χ0n) is 9.37. The second kappa shape index (κ2) is 5.07. The van der Waals surface area contributed by atoms with Crippen LogP contribution in [0.1, 0.15) is 12.0 Å². The quantitative estimate of drug-likeness (QED) is 0.843. The minimum atomic E-state index is -0.362. The van der Waals surface area contributed by atoms with Crippen molar-refractivity contribution in [2.75, 3.05) is 11.9 Å².